The number of hydrogen-bond acceptors (Lipinski definition) is 2. The lowest BCUT2D eigenvalue weighted by Crippen LogP contribution is -2.34. The van der Waals surface area contributed by atoms with E-state index in [2.05, 4.69) is 0 Å². The highest BCUT2D eigenvalue weighted by Gasteiger charge is 2.29. The first-order valence-electron chi connectivity index (χ1n) is 4.83. The van der Waals surface area contributed by atoms with Crippen molar-refractivity contribution in [1.82, 2.24) is 0 Å². The van der Waals surface area contributed by atoms with Gasteiger partial charge in [0.1, 0.15) is 6.10 Å². The molecule has 0 bridgehead atoms. The summed E-state index contributed by atoms with van der Waals surface area (Å²) in [6.45, 7) is 0. The molecule has 0 unspecified atom stereocenters. The summed E-state index contributed by atoms with van der Waals surface area (Å²) in [5.41, 5.74) is 0. The minimum absolute atomic E-state index is 0.211. The maximum atomic E-state index is 5.88. The number of rotatable bonds is 3. The van der Waals surface area contributed by atoms with Crippen LogP contribution in [0.1, 0.15) is 12.8 Å². The molecule has 2 rings (SSSR count). The summed E-state index contributed by atoms with van der Waals surface area (Å²) < 4.78 is 10.9. The summed E-state index contributed by atoms with van der Waals surface area (Å²) in [4.78, 5) is 0. The zero-order chi connectivity index (χ0) is 10.8. The summed E-state index contributed by atoms with van der Waals surface area (Å²) in [7, 11) is 1.60. The second-order valence-corrected chi connectivity index (χ2v) is 4.66. The van der Waals surface area contributed by atoms with E-state index >= 15 is 0 Å². The van der Waals surface area contributed by atoms with Crippen LogP contribution in [0.4, 0.5) is 0 Å². The molecular formula is C11H12Cl2O2. The van der Waals surface area contributed by atoms with Crippen molar-refractivity contribution in [2.45, 2.75) is 24.3 Å². The first-order valence-corrected chi connectivity index (χ1v) is 5.64. The molecule has 0 saturated heterocycles. The Balaban J connectivity index is 2.07. The van der Waals surface area contributed by atoms with Gasteiger partial charge < -0.3 is 9.47 Å². The monoisotopic (exact) mass is 246 g/mol. The van der Waals surface area contributed by atoms with Crippen LogP contribution in [0, 0.1) is 0 Å². The predicted molar refractivity (Wildman–Crippen MR) is 61.3 cm³/mol. The van der Waals surface area contributed by atoms with Crippen LogP contribution in [0.3, 0.4) is 0 Å². The molecule has 0 heterocycles. The average Bonchev–Trinajstić information content (AvgIpc) is 2.18. The van der Waals surface area contributed by atoms with Crippen LogP contribution in [0.2, 0.25) is 5.02 Å². The molecule has 0 aromatic heterocycles. The Hall–Kier alpha value is -0.600. The van der Waals surface area contributed by atoms with Crippen molar-refractivity contribution in [3.63, 3.8) is 0 Å². The Morgan fingerprint density at radius 1 is 1.27 bits per heavy atom. The number of methoxy groups -OCH3 is 1. The number of hydrogen-bond donors (Lipinski definition) is 0. The minimum atomic E-state index is 0.211. The molecule has 1 aliphatic carbocycles. The molecule has 1 aliphatic rings. The van der Waals surface area contributed by atoms with E-state index < -0.39 is 0 Å². The summed E-state index contributed by atoms with van der Waals surface area (Å²) in [6.07, 6.45) is 2.00. The Morgan fingerprint density at radius 3 is 2.60 bits per heavy atom. The Labute approximate surface area is 99.1 Å². The fraction of sp³-hybridized carbons (Fsp3) is 0.455. The predicted octanol–water partition coefficient (Wildman–Crippen LogP) is 3.50. The quantitative estimate of drug-likeness (QED) is 0.761. The first kappa shape index (κ1) is 10.9. The highest BCUT2D eigenvalue weighted by molar-refractivity contribution is 6.30. The minimum Gasteiger partial charge on any atom is -0.493 e. The van der Waals surface area contributed by atoms with Crippen molar-refractivity contribution in [3.05, 3.63) is 23.2 Å². The lowest BCUT2D eigenvalue weighted by atomic mass is 9.95. The molecule has 0 radical (unpaired) electrons. The van der Waals surface area contributed by atoms with Gasteiger partial charge in [-0.15, -0.1) is 11.6 Å². The van der Waals surface area contributed by atoms with Crippen molar-refractivity contribution >= 4 is 23.2 Å². The highest BCUT2D eigenvalue weighted by atomic mass is 35.5. The van der Waals surface area contributed by atoms with Gasteiger partial charge >= 0.3 is 0 Å². The zero-order valence-electron chi connectivity index (χ0n) is 8.37. The van der Waals surface area contributed by atoms with Gasteiger partial charge in [-0.2, -0.15) is 0 Å². The lowest BCUT2D eigenvalue weighted by Gasteiger charge is -2.31. The van der Waals surface area contributed by atoms with Gasteiger partial charge in [0.15, 0.2) is 11.5 Å². The molecule has 1 aromatic rings. The molecule has 82 valence electrons. The van der Waals surface area contributed by atoms with Crippen molar-refractivity contribution < 1.29 is 9.47 Å². The Bertz CT molecular complexity index is 348. The molecule has 0 N–H and O–H groups in total. The molecular weight excluding hydrogens is 235 g/mol. The van der Waals surface area contributed by atoms with E-state index in [1.165, 1.54) is 0 Å². The second kappa shape index (κ2) is 4.50. The maximum Gasteiger partial charge on any atom is 0.162 e. The van der Waals surface area contributed by atoms with Crippen molar-refractivity contribution in [1.29, 1.82) is 0 Å². The van der Waals surface area contributed by atoms with Gasteiger partial charge in [-0.3, -0.25) is 0 Å². The van der Waals surface area contributed by atoms with Crippen LogP contribution in [0.25, 0.3) is 0 Å². The molecule has 1 aromatic carbocycles. The van der Waals surface area contributed by atoms with E-state index in [9.17, 15) is 0 Å². The van der Waals surface area contributed by atoms with E-state index in [1.54, 1.807) is 19.2 Å². The molecule has 0 amide bonds. The van der Waals surface area contributed by atoms with Gasteiger partial charge in [0.2, 0.25) is 0 Å². The SMILES string of the molecule is COc1cc(Cl)ccc1OC1CC(Cl)C1. The number of halogens is 2. The van der Waals surface area contributed by atoms with E-state index in [4.69, 9.17) is 32.7 Å². The molecule has 1 saturated carbocycles. The summed E-state index contributed by atoms with van der Waals surface area (Å²) in [5.74, 6) is 1.40. The molecule has 0 aliphatic heterocycles. The van der Waals surface area contributed by atoms with Gasteiger partial charge in [-0.1, -0.05) is 11.6 Å². The fourth-order valence-electron chi connectivity index (χ4n) is 1.52. The summed E-state index contributed by atoms with van der Waals surface area (Å²) >= 11 is 11.7. The third kappa shape index (κ3) is 2.50. The van der Waals surface area contributed by atoms with Crippen molar-refractivity contribution in [2.24, 2.45) is 0 Å². The molecule has 1 fully saturated rings. The third-order valence-electron chi connectivity index (χ3n) is 2.46. The van der Waals surface area contributed by atoms with Crippen LogP contribution in [-0.2, 0) is 0 Å². The van der Waals surface area contributed by atoms with Gasteiger partial charge in [0.25, 0.3) is 0 Å². The molecule has 15 heavy (non-hydrogen) atoms. The van der Waals surface area contributed by atoms with Crippen LogP contribution < -0.4 is 9.47 Å². The average molecular weight is 247 g/mol. The fourth-order valence-corrected chi connectivity index (χ4v) is 2.08. The van der Waals surface area contributed by atoms with Gasteiger partial charge in [-0.25, -0.2) is 0 Å². The Morgan fingerprint density at radius 2 is 2.00 bits per heavy atom. The third-order valence-corrected chi connectivity index (χ3v) is 3.05. The summed E-state index contributed by atoms with van der Waals surface area (Å²) in [6, 6.07) is 5.35. The molecule has 0 spiro atoms. The van der Waals surface area contributed by atoms with E-state index in [1.807, 2.05) is 6.07 Å². The maximum absolute atomic E-state index is 5.88. The number of ether oxygens (including phenoxy) is 2. The smallest absolute Gasteiger partial charge is 0.162 e. The van der Waals surface area contributed by atoms with Gasteiger partial charge in [0.05, 0.1) is 7.11 Å². The topological polar surface area (TPSA) is 18.5 Å². The van der Waals surface area contributed by atoms with Crippen LogP contribution in [0.15, 0.2) is 18.2 Å². The first-order chi connectivity index (χ1) is 7.19. The van der Waals surface area contributed by atoms with E-state index in [0.717, 1.165) is 18.6 Å². The van der Waals surface area contributed by atoms with Crippen molar-refractivity contribution in [2.75, 3.05) is 7.11 Å². The normalized spacial score (nSPS) is 24.5. The standard InChI is InChI=1S/C11H12Cl2O2/c1-14-11-6-7(12)2-3-10(11)15-9-4-8(13)5-9/h2-3,6,8-9H,4-5H2,1H3. The van der Waals surface area contributed by atoms with Crippen LogP contribution in [-0.4, -0.2) is 18.6 Å². The van der Waals surface area contributed by atoms with Crippen LogP contribution >= 0.6 is 23.2 Å². The van der Waals surface area contributed by atoms with Crippen LogP contribution in [0.5, 0.6) is 11.5 Å². The van der Waals surface area contributed by atoms with E-state index in [0.29, 0.717) is 10.8 Å². The Kier molecular flexibility index (Phi) is 3.27. The van der Waals surface area contributed by atoms with E-state index in [-0.39, 0.29) is 11.5 Å². The summed E-state index contributed by atoms with van der Waals surface area (Å²) in [5, 5.41) is 0.899. The molecule has 2 nitrogen and oxygen atoms in total. The zero-order valence-corrected chi connectivity index (χ0v) is 9.89. The van der Waals surface area contributed by atoms with Gasteiger partial charge in [0, 0.05) is 29.3 Å². The highest BCUT2D eigenvalue weighted by Crippen LogP contribution is 2.35. The molecule has 0 atom stereocenters. The van der Waals surface area contributed by atoms with Gasteiger partial charge in [-0.05, 0) is 12.1 Å². The number of alkyl halides is 1. The number of benzene rings is 1. The largest absolute Gasteiger partial charge is 0.493 e. The second-order valence-electron chi connectivity index (χ2n) is 3.60. The molecule has 4 heteroatoms. The van der Waals surface area contributed by atoms with Crippen molar-refractivity contribution in [3.8, 4) is 11.5 Å². The lowest BCUT2D eigenvalue weighted by molar-refractivity contribution is 0.120.